The van der Waals surface area contributed by atoms with Crippen molar-refractivity contribution in [3.63, 3.8) is 0 Å². The van der Waals surface area contributed by atoms with Gasteiger partial charge in [0.1, 0.15) is 0 Å². The minimum Gasteiger partial charge on any atom is -0.308 e. The molecule has 0 atom stereocenters. The number of fused-ring (bicyclic) bond motifs is 6. The number of hydrogen-bond donors (Lipinski definition) is 0. The zero-order chi connectivity index (χ0) is 48.8. The highest BCUT2D eigenvalue weighted by Crippen LogP contribution is 2.64. The lowest BCUT2D eigenvalue weighted by Crippen LogP contribution is -2.43. The molecule has 0 aromatic heterocycles. The van der Waals surface area contributed by atoms with Gasteiger partial charge in [0.25, 0.3) is 0 Å². The smallest absolute Gasteiger partial charge is 0.179 e. The SMILES string of the molecule is CC(C)(C)c1cc(N2c3cccc4c3P(=O)(c3cc5ccc6cccc7ccc(c32)c5c67)c2cc3ccc5cccc6ccc(c2N4c2cc(C(C)(C)C)cc(C(C)(C)C)c2)c3c56)cc(C(C)(C)C)c1. The predicted molar refractivity (Wildman–Crippen MR) is 305 cm³/mol. The van der Waals surface area contributed by atoms with Crippen molar-refractivity contribution in [2.24, 2.45) is 0 Å². The van der Waals surface area contributed by atoms with Gasteiger partial charge in [0, 0.05) is 32.8 Å². The van der Waals surface area contributed by atoms with Gasteiger partial charge in [-0.05, 0) is 146 Å². The molecule has 11 aromatic carbocycles. The summed E-state index contributed by atoms with van der Waals surface area (Å²) >= 11 is 0. The molecule has 70 heavy (non-hydrogen) atoms. The summed E-state index contributed by atoms with van der Waals surface area (Å²) in [5, 5.41) is 17.0. The van der Waals surface area contributed by atoms with Crippen LogP contribution in [0.5, 0.6) is 0 Å². The Balaban J connectivity index is 1.25. The maximum absolute atomic E-state index is 18.3. The zero-order valence-corrected chi connectivity index (χ0v) is 43.6. The van der Waals surface area contributed by atoms with E-state index in [1.807, 2.05) is 0 Å². The second-order valence-electron chi connectivity index (χ2n) is 24.7. The first kappa shape index (κ1) is 43.4. The molecule has 346 valence electrons. The van der Waals surface area contributed by atoms with E-state index < -0.39 is 7.14 Å². The molecule has 0 spiro atoms. The number of rotatable bonds is 2. The third kappa shape index (κ3) is 5.97. The lowest BCUT2D eigenvalue weighted by atomic mass is 9.80. The Hall–Kier alpha value is -6.67. The third-order valence-electron chi connectivity index (χ3n) is 15.9. The maximum Gasteiger partial charge on any atom is 0.179 e. The van der Waals surface area contributed by atoms with Crippen molar-refractivity contribution in [2.75, 3.05) is 9.80 Å². The molecule has 0 saturated heterocycles. The molecule has 0 aliphatic carbocycles. The van der Waals surface area contributed by atoms with Crippen molar-refractivity contribution in [1.29, 1.82) is 0 Å². The van der Waals surface area contributed by atoms with Crippen LogP contribution in [0.2, 0.25) is 0 Å². The van der Waals surface area contributed by atoms with Gasteiger partial charge in [0.15, 0.2) is 7.14 Å². The van der Waals surface area contributed by atoms with Gasteiger partial charge < -0.3 is 14.4 Å². The molecule has 4 heteroatoms. The van der Waals surface area contributed by atoms with Crippen LogP contribution in [-0.2, 0) is 26.2 Å². The second-order valence-corrected chi connectivity index (χ2v) is 27.3. The van der Waals surface area contributed by atoms with Crippen LogP contribution in [0.1, 0.15) is 105 Å². The summed E-state index contributed by atoms with van der Waals surface area (Å²) in [5.41, 5.74) is 10.8. The molecule has 0 bridgehead atoms. The fourth-order valence-electron chi connectivity index (χ4n) is 12.1. The highest BCUT2D eigenvalue weighted by atomic mass is 31.2. The van der Waals surface area contributed by atoms with E-state index in [0.29, 0.717) is 0 Å². The predicted octanol–water partition coefficient (Wildman–Crippen LogP) is 17.9. The summed E-state index contributed by atoms with van der Waals surface area (Å²) in [6.45, 7) is 27.8. The van der Waals surface area contributed by atoms with Crippen molar-refractivity contribution < 1.29 is 4.57 Å². The fourth-order valence-corrected chi connectivity index (χ4v) is 15.5. The maximum atomic E-state index is 18.3. The van der Waals surface area contributed by atoms with Gasteiger partial charge in [-0.1, -0.05) is 186 Å². The average molecular weight is 929 g/mol. The number of nitrogens with zero attached hydrogens (tertiary/aromatic N) is 2. The normalized spacial score (nSPS) is 15.0. The van der Waals surface area contributed by atoms with E-state index in [0.717, 1.165) is 71.6 Å². The second kappa shape index (κ2) is 14.0. The van der Waals surface area contributed by atoms with Crippen LogP contribution in [0.3, 0.4) is 0 Å². The van der Waals surface area contributed by atoms with Gasteiger partial charge >= 0.3 is 0 Å². The standard InChI is InChI=1S/C66H61N2OP/c1-63(2,3)44-32-45(64(4,5)6)35-48(34-44)67-52-20-15-21-53-62(52)70(69,54-30-42-24-22-38-16-13-18-40-26-28-50(60(54)67)58(42)56(38)40)55-31-43-25-23-39-17-14-19-41-27-29-51(59(43)57(39)41)61(55)68(53)49-36-46(65(7,8)9)33-47(37-49)66(10,11)12/h13-37H,1-12H3. The van der Waals surface area contributed by atoms with Crippen LogP contribution in [0.4, 0.5) is 34.1 Å². The van der Waals surface area contributed by atoms with E-state index in [-0.39, 0.29) is 21.7 Å². The van der Waals surface area contributed by atoms with Gasteiger partial charge in [-0.2, -0.15) is 0 Å². The van der Waals surface area contributed by atoms with Crippen LogP contribution in [0.15, 0.2) is 152 Å². The van der Waals surface area contributed by atoms with Crippen LogP contribution >= 0.6 is 7.14 Å². The van der Waals surface area contributed by atoms with Crippen LogP contribution in [-0.4, -0.2) is 0 Å². The molecule has 2 aliphatic rings. The molecule has 13 rings (SSSR count). The monoisotopic (exact) mass is 928 g/mol. The van der Waals surface area contributed by atoms with Crippen molar-refractivity contribution in [1.82, 2.24) is 0 Å². The lowest BCUT2D eigenvalue weighted by Gasteiger charge is -2.46. The molecule has 0 amide bonds. The molecule has 0 fully saturated rings. The van der Waals surface area contributed by atoms with E-state index >= 15 is 4.57 Å². The summed E-state index contributed by atoms with van der Waals surface area (Å²) in [6, 6.07) is 57.4. The van der Waals surface area contributed by atoms with E-state index in [4.69, 9.17) is 0 Å². The van der Waals surface area contributed by atoms with Gasteiger partial charge in [-0.25, -0.2) is 0 Å². The molecule has 0 N–H and O–H groups in total. The summed E-state index contributed by atoms with van der Waals surface area (Å²) in [5.74, 6) is 0. The number of benzene rings is 11. The van der Waals surface area contributed by atoms with Crippen molar-refractivity contribution in [3.05, 3.63) is 174 Å². The van der Waals surface area contributed by atoms with Crippen LogP contribution in [0, 0.1) is 0 Å². The molecule has 2 heterocycles. The Kier molecular flexibility index (Phi) is 8.68. The largest absolute Gasteiger partial charge is 0.308 e. The van der Waals surface area contributed by atoms with Crippen molar-refractivity contribution >= 4 is 122 Å². The van der Waals surface area contributed by atoms with Crippen molar-refractivity contribution in [3.8, 4) is 0 Å². The number of hydrogen-bond acceptors (Lipinski definition) is 3. The first-order valence-electron chi connectivity index (χ1n) is 25.2. The van der Waals surface area contributed by atoms with E-state index in [1.165, 1.54) is 65.3 Å². The first-order valence-corrected chi connectivity index (χ1v) is 26.9. The van der Waals surface area contributed by atoms with Crippen molar-refractivity contribution in [2.45, 2.75) is 105 Å². The highest BCUT2D eigenvalue weighted by Gasteiger charge is 2.50. The summed E-state index contributed by atoms with van der Waals surface area (Å²) in [4.78, 5) is 5.03. The third-order valence-corrected chi connectivity index (χ3v) is 19.1. The minimum absolute atomic E-state index is 0.124. The Morgan fingerprint density at radius 3 is 1.00 bits per heavy atom. The Morgan fingerprint density at radius 2 is 0.657 bits per heavy atom. The van der Waals surface area contributed by atoms with Gasteiger partial charge in [0.2, 0.25) is 0 Å². The zero-order valence-electron chi connectivity index (χ0n) is 42.7. The Labute approximate surface area is 412 Å². The number of anilines is 6. The van der Waals surface area contributed by atoms with Gasteiger partial charge in [-0.3, -0.25) is 0 Å². The Morgan fingerprint density at radius 1 is 0.343 bits per heavy atom. The van der Waals surface area contributed by atoms with E-state index in [9.17, 15) is 0 Å². The van der Waals surface area contributed by atoms with E-state index in [1.54, 1.807) is 0 Å². The lowest BCUT2D eigenvalue weighted by molar-refractivity contribution is 0.568. The quantitative estimate of drug-likeness (QED) is 0.127. The minimum atomic E-state index is -3.73. The summed E-state index contributed by atoms with van der Waals surface area (Å²) in [6.07, 6.45) is 0. The molecule has 3 nitrogen and oxygen atoms in total. The molecular formula is C66H61N2OP. The molecular weight excluding hydrogens is 868 g/mol. The molecule has 11 aromatic rings. The van der Waals surface area contributed by atoms with Gasteiger partial charge in [0.05, 0.1) is 28.1 Å². The topological polar surface area (TPSA) is 23.6 Å². The van der Waals surface area contributed by atoms with Crippen LogP contribution < -0.4 is 25.7 Å². The summed E-state index contributed by atoms with van der Waals surface area (Å²) < 4.78 is 18.3. The summed E-state index contributed by atoms with van der Waals surface area (Å²) in [7, 11) is -3.73. The van der Waals surface area contributed by atoms with Crippen LogP contribution in [0.25, 0.3) is 64.6 Å². The fraction of sp³-hybridized carbons (Fsp3) is 0.242. The first-order chi connectivity index (χ1) is 33.1. The molecule has 2 aliphatic heterocycles. The molecule has 0 saturated carbocycles. The Bertz CT molecular complexity index is 3740. The molecule has 0 unspecified atom stereocenters. The average Bonchev–Trinajstić information content (AvgIpc) is 3.31. The van der Waals surface area contributed by atoms with Gasteiger partial charge in [-0.15, -0.1) is 0 Å². The van der Waals surface area contributed by atoms with E-state index in [2.05, 4.69) is 245 Å². The molecule has 0 radical (unpaired) electrons. The highest BCUT2D eigenvalue weighted by molar-refractivity contribution is 7.86.